The molecule has 0 unspecified atom stereocenters. The number of esters is 1. The Balaban J connectivity index is 2.05. The number of anilines is 2. The van der Waals surface area contributed by atoms with Crippen LogP contribution in [-0.2, 0) is 11.3 Å². The third-order valence-electron chi connectivity index (χ3n) is 2.49. The van der Waals surface area contributed by atoms with Crippen LogP contribution >= 0.6 is 0 Å². The zero-order valence-corrected chi connectivity index (χ0v) is 10.2. The van der Waals surface area contributed by atoms with E-state index in [-0.39, 0.29) is 12.4 Å². The van der Waals surface area contributed by atoms with Gasteiger partial charge in [0.25, 0.3) is 0 Å². The monoisotopic (exact) mass is 258 g/mol. The van der Waals surface area contributed by atoms with Crippen molar-refractivity contribution in [1.82, 2.24) is 0 Å². The van der Waals surface area contributed by atoms with Gasteiger partial charge in [0.2, 0.25) is 0 Å². The summed E-state index contributed by atoms with van der Waals surface area (Å²) in [5.41, 5.74) is 13.0. The van der Waals surface area contributed by atoms with Crippen molar-refractivity contribution in [2.45, 2.75) is 6.61 Å². The Labute approximate surface area is 110 Å². The van der Waals surface area contributed by atoms with Crippen LogP contribution in [0.4, 0.5) is 11.4 Å². The van der Waals surface area contributed by atoms with Gasteiger partial charge in [-0.05, 0) is 35.9 Å². The molecule has 0 bridgehead atoms. The average molecular weight is 258 g/mol. The van der Waals surface area contributed by atoms with Crippen molar-refractivity contribution < 1.29 is 14.6 Å². The molecule has 0 amide bonds. The van der Waals surface area contributed by atoms with Crippen molar-refractivity contribution >= 4 is 17.3 Å². The predicted molar refractivity (Wildman–Crippen MR) is 72.5 cm³/mol. The molecular weight excluding hydrogens is 244 g/mol. The summed E-state index contributed by atoms with van der Waals surface area (Å²) in [7, 11) is 0. The van der Waals surface area contributed by atoms with Gasteiger partial charge in [-0.2, -0.15) is 0 Å². The minimum Gasteiger partial charge on any atom is -0.508 e. The highest BCUT2D eigenvalue weighted by molar-refractivity contribution is 5.91. The van der Waals surface area contributed by atoms with Gasteiger partial charge in [-0.3, -0.25) is 0 Å². The second kappa shape index (κ2) is 5.30. The van der Waals surface area contributed by atoms with Gasteiger partial charge in [0, 0.05) is 11.4 Å². The van der Waals surface area contributed by atoms with Gasteiger partial charge in [0.05, 0.1) is 5.56 Å². The number of carbonyl (C=O) groups excluding carboxylic acids is 1. The summed E-state index contributed by atoms with van der Waals surface area (Å²) in [6.45, 7) is 0.0714. The second-order valence-corrected chi connectivity index (χ2v) is 4.13. The molecule has 0 radical (unpaired) electrons. The van der Waals surface area contributed by atoms with Gasteiger partial charge in [-0.1, -0.05) is 12.1 Å². The van der Waals surface area contributed by atoms with Gasteiger partial charge in [0.15, 0.2) is 0 Å². The SMILES string of the molecule is Nc1cc(N)cc(C(=O)OCc2cccc(O)c2)c1. The van der Waals surface area contributed by atoms with Crippen LogP contribution in [0.1, 0.15) is 15.9 Å². The van der Waals surface area contributed by atoms with E-state index in [2.05, 4.69) is 0 Å². The van der Waals surface area contributed by atoms with Crippen molar-refractivity contribution in [2.75, 3.05) is 11.5 Å². The molecule has 0 aliphatic carbocycles. The minimum atomic E-state index is -0.512. The maximum Gasteiger partial charge on any atom is 0.338 e. The van der Waals surface area contributed by atoms with E-state index < -0.39 is 5.97 Å². The third kappa shape index (κ3) is 3.38. The molecule has 2 aromatic rings. The van der Waals surface area contributed by atoms with Gasteiger partial charge in [0.1, 0.15) is 12.4 Å². The first kappa shape index (κ1) is 12.8. The van der Waals surface area contributed by atoms with Crippen LogP contribution in [0.25, 0.3) is 0 Å². The molecule has 0 atom stereocenters. The van der Waals surface area contributed by atoms with Crippen LogP contribution in [0.5, 0.6) is 5.75 Å². The van der Waals surface area contributed by atoms with E-state index in [1.807, 2.05) is 0 Å². The number of phenolic OH excluding ortho intramolecular Hbond substituents is 1. The Morgan fingerprint density at radius 1 is 1.11 bits per heavy atom. The molecule has 0 aliphatic rings. The summed E-state index contributed by atoms with van der Waals surface area (Å²) in [5.74, 6) is -0.385. The zero-order valence-electron chi connectivity index (χ0n) is 10.2. The molecule has 19 heavy (non-hydrogen) atoms. The Morgan fingerprint density at radius 2 is 1.79 bits per heavy atom. The van der Waals surface area contributed by atoms with E-state index in [0.29, 0.717) is 22.5 Å². The average Bonchev–Trinajstić information content (AvgIpc) is 2.35. The summed E-state index contributed by atoms with van der Waals surface area (Å²) in [5, 5.41) is 9.29. The summed E-state index contributed by atoms with van der Waals surface area (Å²) in [4.78, 5) is 11.8. The van der Waals surface area contributed by atoms with E-state index in [9.17, 15) is 9.90 Å². The summed E-state index contributed by atoms with van der Waals surface area (Å²) in [6, 6.07) is 11.1. The van der Waals surface area contributed by atoms with Crippen LogP contribution in [0.3, 0.4) is 0 Å². The molecule has 0 fully saturated rings. The molecular formula is C14H14N2O3. The predicted octanol–water partition coefficient (Wildman–Crippen LogP) is 1.91. The first-order chi connectivity index (χ1) is 9.04. The largest absolute Gasteiger partial charge is 0.508 e. The van der Waals surface area contributed by atoms with Crippen LogP contribution in [0.15, 0.2) is 42.5 Å². The highest BCUT2D eigenvalue weighted by Gasteiger charge is 2.09. The van der Waals surface area contributed by atoms with Crippen molar-refractivity contribution in [2.24, 2.45) is 0 Å². The van der Waals surface area contributed by atoms with E-state index >= 15 is 0 Å². The summed E-state index contributed by atoms with van der Waals surface area (Å²) < 4.78 is 5.12. The fourth-order valence-electron chi connectivity index (χ4n) is 1.67. The number of benzene rings is 2. The minimum absolute atomic E-state index is 0.0714. The van der Waals surface area contributed by atoms with Crippen molar-refractivity contribution in [1.29, 1.82) is 0 Å². The topological polar surface area (TPSA) is 98.6 Å². The van der Waals surface area contributed by atoms with E-state index in [4.69, 9.17) is 16.2 Å². The highest BCUT2D eigenvalue weighted by Crippen LogP contribution is 2.16. The first-order valence-corrected chi connectivity index (χ1v) is 5.65. The molecule has 0 aromatic heterocycles. The molecule has 98 valence electrons. The number of hydrogen-bond acceptors (Lipinski definition) is 5. The van der Waals surface area contributed by atoms with Gasteiger partial charge in [-0.25, -0.2) is 4.79 Å². The molecule has 5 N–H and O–H groups in total. The lowest BCUT2D eigenvalue weighted by Crippen LogP contribution is -2.06. The maximum atomic E-state index is 11.8. The van der Waals surface area contributed by atoms with Gasteiger partial charge in [-0.15, -0.1) is 0 Å². The zero-order chi connectivity index (χ0) is 13.8. The molecule has 0 saturated heterocycles. The van der Waals surface area contributed by atoms with E-state index in [1.165, 1.54) is 18.2 Å². The fraction of sp³-hybridized carbons (Fsp3) is 0.0714. The second-order valence-electron chi connectivity index (χ2n) is 4.13. The summed E-state index contributed by atoms with van der Waals surface area (Å²) >= 11 is 0. The summed E-state index contributed by atoms with van der Waals surface area (Å²) in [6.07, 6.45) is 0. The molecule has 0 saturated carbocycles. The van der Waals surface area contributed by atoms with Gasteiger partial charge >= 0.3 is 5.97 Å². The number of phenols is 1. The Kier molecular flexibility index (Phi) is 3.56. The highest BCUT2D eigenvalue weighted by atomic mass is 16.5. The van der Waals surface area contributed by atoms with Crippen LogP contribution in [0, 0.1) is 0 Å². The standard InChI is InChI=1S/C14H14N2O3/c15-11-5-10(6-12(16)7-11)14(18)19-8-9-2-1-3-13(17)4-9/h1-7,17H,8,15-16H2. The number of aromatic hydroxyl groups is 1. The molecule has 2 aromatic carbocycles. The Hall–Kier alpha value is -2.69. The number of rotatable bonds is 3. The van der Waals surface area contributed by atoms with Crippen LogP contribution < -0.4 is 11.5 Å². The molecule has 5 heteroatoms. The molecule has 0 heterocycles. The Morgan fingerprint density at radius 3 is 2.42 bits per heavy atom. The molecule has 0 spiro atoms. The van der Waals surface area contributed by atoms with Crippen molar-refractivity contribution in [3.63, 3.8) is 0 Å². The van der Waals surface area contributed by atoms with E-state index in [0.717, 1.165) is 0 Å². The lowest BCUT2D eigenvalue weighted by Gasteiger charge is -2.07. The quantitative estimate of drug-likeness (QED) is 0.577. The first-order valence-electron chi connectivity index (χ1n) is 5.65. The Bertz CT molecular complexity index is 591. The fourth-order valence-corrected chi connectivity index (χ4v) is 1.67. The number of ether oxygens (including phenoxy) is 1. The third-order valence-corrected chi connectivity index (χ3v) is 2.49. The van der Waals surface area contributed by atoms with E-state index in [1.54, 1.807) is 24.3 Å². The number of carbonyl (C=O) groups is 1. The normalized spacial score (nSPS) is 10.1. The lowest BCUT2D eigenvalue weighted by molar-refractivity contribution is 0.0472. The van der Waals surface area contributed by atoms with Crippen LogP contribution in [-0.4, -0.2) is 11.1 Å². The smallest absolute Gasteiger partial charge is 0.338 e. The number of nitrogens with two attached hydrogens (primary N) is 2. The van der Waals surface area contributed by atoms with Gasteiger partial charge < -0.3 is 21.3 Å². The number of hydrogen-bond donors (Lipinski definition) is 3. The van der Waals surface area contributed by atoms with Crippen molar-refractivity contribution in [3.05, 3.63) is 53.6 Å². The van der Waals surface area contributed by atoms with Crippen molar-refractivity contribution in [3.8, 4) is 5.75 Å². The molecule has 2 rings (SSSR count). The number of nitrogen functional groups attached to an aromatic ring is 2. The maximum absolute atomic E-state index is 11.8. The molecule has 5 nitrogen and oxygen atoms in total. The lowest BCUT2D eigenvalue weighted by atomic mass is 10.2. The molecule has 0 aliphatic heterocycles. The van der Waals surface area contributed by atoms with Crippen LogP contribution in [0.2, 0.25) is 0 Å².